The van der Waals surface area contributed by atoms with Gasteiger partial charge >= 0.3 is 6.09 Å². The highest BCUT2D eigenvalue weighted by Crippen LogP contribution is 2.41. The summed E-state index contributed by atoms with van der Waals surface area (Å²) in [6.45, 7) is 7.80. The molecule has 1 atom stereocenters. The number of nitrogens with one attached hydrogen (secondary N) is 1. The molecule has 0 aliphatic carbocycles. The molecule has 1 saturated heterocycles. The number of nitrogens with zero attached hydrogens (tertiary/aromatic N) is 4. The first-order valence-electron chi connectivity index (χ1n) is 13.2. The number of hydrogen-bond donors (Lipinski definition) is 1. The Morgan fingerprint density at radius 2 is 1.89 bits per heavy atom. The molecule has 2 aromatic carbocycles. The van der Waals surface area contributed by atoms with E-state index in [2.05, 4.69) is 60.5 Å². The number of thiazole rings is 1. The van der Waals surface area contributed by atoms with Crippen molar-refractivity contribution in [2.45, 2.75) is 45.6 Å². The van der Waals surface area contributed by atoms with E-state index in [1.54, 1.807) is 22.4 Å². The fourth-order valence-electron chi connectivity index (χ4n) is 4.77. The molecule has 1 fully saturated rings. The summed E-state index contributed by atoms with van der Waals surface area (Å²) in [5.74, 6) is 0.882. The molecule has 4 aromatic rings. The molecule has 1 N–H and O–H groups in total. The Morgan fingerprint density at radius 3 is 2.63 bits per heavy atom. The van der Waals surface area contributed by atoms with E-state index in [-0.39, 0.29) is 12.1 Å². The molecular weight excluding hydrogens is 494 g/mol. The van der Waals surface area contributed by atoms with Gasteiger partial charge in [-0.25, -0.2) is 19.7 Å². The van der Waals surface area contributed by atoms with Gasteiger partial charge in [0.2, 0.25) is 5.95 Å². The van der Waals surface area contributed by atoms with Crippen LogP contribution >= 0.6 is 11.3 Å². The normalized spacial score (nSPS) is 14.8. The van der Waals surface area contributed by atoms with Crippen LogP contribution in [0.4, 0.5) is 10.7 Å². The third-order valence-electron chi connectivity index (χ3n) is 6.84. The van der Waals surface area contributed by atoms with Crippen LogP contribution in [0.3, 0.4) is 0 Å². The lowest BCUT2D eigenvalue weighted by molar-refractivity contribution is 0.0970. The average Bonchev–Trinajstić information content (AvgIpc) is 3.40. The number of aromatic nitrogens is 3. The number of piperidine rings is 1. The molecule has 0 spiro atoms. The highest BCUT2D eigenvalue weighted by atomic mass is 32.1. The predicted octanol–water partition coefficient (Wildman–Crippen LogP) is 7.08. The fraction of sp³-hybridized carbons (Fsp3) is 0.333. The van der Waals surface area contributed by atoms with E-state index in [1.807, 2.05) is 31.2 Å². The molecular formula is C30H33N5O2S. The molecule has 0 saturated carbocycles. The second kappa shape index (κ2) is 11.7. The molecule has 196 valence electrons. The minimum atomic E-state index is -0.225. The molecule has 1 aliphatic rings. The van der Waals surface area contributed by atoms with E-state index in [1.165, 1.54) is 11.1 Å². The largest absolute Gasteiger partial charge is 0.450 e. The number of likely N-dealkylation sites (tertiary alicyclic amines) is 1. The van der Waals surface area contributed by atoms with Gasteiger partial charge in [0.15, 0.2) is 0 Å². The number of rotatable bonds is 7. The van der Waals surface area contributed by atoms with Crippen LogP contribution in [0.25, 0.3) is 21.8 Å². The van der Waals surface area contributed by atoms with Crippen molar-refractivity contribution >= 4 is 23.4 Å². The van der Waals surface area contributed by atoms with Gasteiger partial charge in [-0.15, -0.1) is 11.3 Å². The first-order chi connectivity index (χ1) is 18.5. The first-order valence-corrected chi connectivity index (χ1v) is 14.0. The van der Waals surface area contributed by atoms with Crippen molar-refractivity contribution in [3.8, 4) is 21.8 Å². The lowest BCUT2D eigenvalue weighted by atomic mass is 9.98. The standard InChI is InChI=1S/C30H33N5O2S/c1-4-37-30(36)35-17-14-23(15-18-35)28-34-26(24-12-8-9-20(2)19-24)27(38-28)25-13-16-31-29(33-25)32-21(3)22-10-6-5-7-11-22/h5-13,16,19,21,23H,4,14-15,17-18H2,1-3H3,(H,31,32,33)/t21-/m0/s1. The first kappa shape index (κ1) is 25.9. The van der Waals surface area contributed by atoms with Gasteiger partial charge in [0.1, 0.15) is 0 Å². The molecule has 3 heterocycles. The van der Waals surface area contributed by atoms with E-state index in [0.29, 0.717) is 31.6 Å². The van der Waals surface area contributed by atoms with Crippen LogP contribution in [0.2, 0.25) is 0 Å². The SMILES string of the molecule is CCOC(=O)N1CCC(c2nc(-c3cccc(C)c3)c(-c3ccnc(N[C@@H](C)c4ccccc4)n3)s2)CC1. The van der Waals surface area contributed by atoms with Gasteiger partial charge in [0.25, 0.3) is 0 Å². The maximum atomic E-state index is 12.2. The minimum Gasteiger partial charge on any atom is -0.450 e. The Hall–Kier alpha value is -3.78. The molecule has 5 rings (SSSR count). The highest BCUT2D eigenvalue weighted by Gasteiger charge is 2.28. The predicted molar refractivity (Wildman–Crippen MR) is 152 cm³/mol. The molecule has 0 radical (unpaired) electrons. The van der Waals surface area contributed by atoms with Gasteiger partial charge in [0.05, 0.1) is 33.9 Å². The van der Waals surface area contributed by atoms with Gasteiger partial charge in [0, 0.05) is 30.8 Å². The molecule has 0 bridgehead atoms. The quantitative estimate of drug-likeness (QED) is 0.276. The van der Waals surface area contributed by atoms with Crippen LogP contribution in [0.1, 0.15) is 54.8 Å². The van der Waals surface area contributed by atoms with Crippen molar-refractivity contribution in [2.24, 2.45) is 0 Å². The summed E-state index contributed by atoms with van der Waals surface area (Å²) in [5.41, 5.74) is 5.25. The third-order valence-corrected chi connectivity index (χ3v) is 8.08. The van der Waals surface area contributed by atoms with Crippen molar-refractivity contribution in [1.29, 1.82) is 0 Å². The van der Waals surface area contributed by atoms with Crippen LogP contribution in [0.15, 0.2) is 66.9 Å². The second-order valence-corrected chi connectivity index (χ2v) is 10.6. The van der Waals surface area contributed by atoms with Crippen LogP contribution < -0.4 is 5.32 Å². The number of anilines is 1. The smallest absolute Gasteiger partial charge is 0.409 e. The van der Waals surface area contributed by atoms with Crippen LogP contribution in [-0.2, 0) is 4.74 Å². The van der Waals surface area contributed by atoms with E-state index >= 15 is 0 Å². The Labute approximate surface area is 227 Å². The number of carbonyl (C=O) groups excluding carboxylic acids is 1. The lowest BCUT2D eigenvalue weighted by Gasteiger charge is -2.30. The zero-order valence-electron chi connectivity index (χ0n) is 22.1. The molecule has 1 aliphatic heterocycles. The summed E-state index contributed by atoms with van der Waals surface area (Å²) in [4.78, 5) is 29.6. The summed E-state index contributed by atoms with van der Waals surface area (Å²) in [6, 6.07) is 20.8. The van der Waals surface area contributed by atoms with E-state index in [9.17, 15) is 4.79 Å². The monoisotopic (exact) mass is 527 g/mol. The topological polar surface area (TPSA) is 80.2 Å². The summed E-state index contributed by atoms with van der Waals surface area (Å²) < 4.78 is 5.19. The Bertz CT molecular complexity index is 1380. The summed E-state index contributed by atoms with van der Waals surface area (Å²) in [7, 11) is 0. The molecule has 7 nitrogen and oxygen atoms in total. The Kier molecular flexibility index (Phi) is 7.98. The average molecular weight is 528 g/mol. The van der Waals surface area contributed by atoms with Gasteiger partial charge in [-0.3, -0.25) is 0 Å². The highest BCUT2D eigenvalue weighted by molar-refractivity contribution is 7.15. The minimum absolute atomic E-state index is 0.0734. The zero-order valence-corrected chi connectivity index (χ0v) is 22.9. The number of ether oxygens (including phenoxy) is 1. The van der Waals surface area contributed by atoms with Crippen LogP contribution in [0, 0.1) is 6.92 Å². The summed E-state index contributed by atoms with van der Waals surface area (Å²) in [5, 5.41) is 4.53. The summed E-state index contributed by atoms with van der Waals surface area (Å²) >= 11 is 1.70. The second-order valence-electron chi connectivity index (χ2n) is 9.60. The van der Waals surface area contributed by atoms with Crippen molar-refractivity contribution < 1.29 is 9.53 Å². The molecule has 1 amide bonds. The van der Waals surface area contributed by atoms with Crippen LogP contribution in [-0.4, -0.2) is 45.6 Å². The van der Waals surface area contributed by atoms with Gasteiger partial charge < -0.3 is 15.0 Å². The van der Waals surface area contributed by atoms with Crippen molar-refractivity contribution in [3.05, 3.63) is 83.0 Å². The zero-order chi connectivity index (χ0) is 26.5. The van der Waals surface area contributed by atoms with Gasteiger partial charge in [-0.05, 0) is 51.3 Å². The van der Waals surface area contributed by atoms with E-state index < -0.39 is 0 Å². The summed E-state index contributed by atoms with van der Waals surface area (Å²) in [6.07, 6.45) is 3.31. The maximum Gasteiger partial charge on any atom is 0.409 e. The number of carbonyl (C=O) groups is 1. The molecule has 8 heteroatoms. The van der Waals surface area contributed by atoms with Crippen molar-refractivity contribution in [3.63, 3.8) is 0 Å². The van der Waals surface area contributed by atoms with Crippen molar-refractivity contribution in [1.82, 2.24) is 19.9 Å². The van der Waals surface area contributed by atoms with Gasteiger partial charge in [-0.2, -0.15) is 0 Å². The Morgan fingerprint density at radius 1 is 1.11 bits per heavy atom. The number of hydrogen-bond acceptors (Lipinski definition) is 7. The maximum absolute atomic E-state index is 12.2. The molecule has 0 unspecified atom stereocenters. The number of aryl methyl sites for hydroxylation is 1. The third kappa shape index (κ3) is 5.86. The van der Waals surface area contributed by atoms with E-state index in [4.69, 9.17) is 14.7 Å². The van der Waals surface area contributed by atoms with Crippen LogP contribution in [0.5, 0.6) is 0 Å². The number of benzene rings is 2. The lowest BCUT2D eigenvalue weighted by Crippen LogP contribution is -2.38. The number of amides is 1. The fourth-order valence-corrected chi connectivity index (χ4v) is 6.00. The molecule has 2 aromatic heterocycles. The van der Waals surface area contributed by atoms with Gasteiger partial charge in [-0.1, -0.05) is 54.1 Å². The van der Waals surface area contributed by atoms with E-state index in [0.717, 1.165) is 39.7 Å². The van der Waals surface area contributed by atoms with Crippen molar-refractivity contribution in [2.75, 3.05) is 25.0 Å². The molecule has 38 heavy (non-hydrogen) atoms. The Balaban J connectivity index is 1.44.